The van der Waals surface area contributed by atoms with E-state index in [1.54, 1.807) is 0 Å². The molecule has 0 bridgehead atoms. The number of nitrogens with zero attached hydrogens (tertiary/aromatic N) is 1. The molecule has 1 aliphatic heterocycles. The van der Waals surface area contributed by atoms with Crippen LogP contribution in [0.25, 0.3) is 0 Å². The quantitative estimate of drug-likeness (QED) is 0.742. The van der Waals surface area contributed by atoms with Gasteiger partial charge in [0.15, 0.2) is 0 Å². The molecule has 17 heavy (non-hydrogen) atoms. The first-order valence-corrected chi connectivity index (χ1v) is 7.70. The first kappa shape index (κ1) is 13.4. The van der Waals surface area contributed by atoms with Crippen molar-refractivity contribution in [1.29, 1.82) is 0 Å². The van der Waals surface area contributed by atoms with Crippen LogP contribution in [0.3, 0.4) is 0 Å². The number of rotatable bonds is 2. The maximum atomic E-state index is 6.21. The van der Waals surface area contributed by atoms with Crippen LogP contribution in [0.4, 0.5) is 5.69 Å². The maximum absolute atomic E-state index is 6.21. The van der Waals surface area contributed by atoms with E-state index in [2.05, 4.69) is 36.6 Å². The van der Waals surface area contributed by atoms with Gasteiger partial charge in [-0.15, -0.1) is 11.6 Å². The summed E-state index contributed by atoms with van der Waals surface area (Å²) in [6.07, 6.45) is 0. The summed E-state index contributed by atoms with van der Waals surface area (Å²) in [6.45, 7) is 6.74. The van der Waals surface area contributed by atoms with Gasteiger partial charge in [-0.1, -0.05) is 31.5 Å². The average molecular weight is 290 g/mol. The van der Waals surface area contributed by atoms with Gasteiger partial charge >= 0.3 is 0 Å². The SMILES string of the molecule is CC1CN(c2ccc(CCl)c(Cl)c2)CC(C)S1. The number of hydrogen-bond donors (Lipinski definition) is 0. The summed E-state index contributed by atoms with van der Waals surface area (Å²) in [5, 5.41) is 2.12. The Morgan fingerprint density at radius 1 is 1.29 bits per heavy atom. The van der Waals surface area contributed by atoms with Crippen LogP contribution in [0.5, 0.6) is 0 Å². The average Bonchev–Trinajstić information content (AvgIpc) is 2.27. The van der Waals surface area contributed by atoms with E-state index >= 15 is 0 Å². The minimum absolute atomic E-state index is 0.474. The molecule has 0 saturated carbocycles. The van der Waals surface area contributed by atoms with Crippen molar-refractivity contribution in [3.8, 4) is 0 Å². The highest BCUT2D eigenvalue weighted by molar-refractivity contribution is 8.00. The molecule has 1 aromatic rings. The van der Waals surface area contributed by atoms with Gasteiger partial charge in [-0.05, 0) is 17.7 Å². The molecular formula is C13H17Cl2NS. The second-order valence-corrected chi connectivity index (χ2v) is 7.13. The molecule has 2 atom stereocenters. The van der Waals surface area contributed by atoms with Gasteiger partial charge in [-0.2, -0.15) is 11.8 Å². The van der Waals surface area contributed by atoms with Gasteiger partial charge in [0.25, 0.3) is 0 Å². The van der Waals surface area contributed by atoms with Gasteiger partial charge in [0.1, 0.15) is 0 Å². The molecule has 0 aromatic heterocycles. The Hall–Kier alpha value is -0.0500. The van der Waals surface area contributed by atoms with Crippen molar-refractivity contribution in [3.05, 3.63) is 28.8 Å². The van der Waals surface area contributed by atoms with Gasteiger partial charge in [0.05, 0.1) is 0 Å². The van der Waals surface area contributed by atoms with Crippen LogP contribution in [0, 0.1) is 0 Å². The normalized spacial score (nSPS) is 25.1. The number of benzene rings is 1. The summed E-state index contributed by atoms with van der Waals surface area (Å²) in [5.41, 5.74) is 2.22. The van der Waals surface area contributed by atoms with Crippen LogP contribution in [-0.2, 0) is 5.88 Å². The van der Waals surface area contributed by atoms with E-state index < -0.39 is 0 Å². The van der Waals surface area contributed by atoms with E-state index in [9.17, 15) is 0 Å². The molecule has 0 radical (unpaired) electrons. The molecule has 1 heterocycles. The molecule has 0 aliphatic carbocycles. The van der Waals surface area contributed by atoms with Crippen LogP contribution in [-0.4, -0.2) is 23.6 Å². The lowest BCUT2D eigenvalue weighted by Gasteiger charge is -2.36. The van der Waals surface area contributed by atoms with Crippen molar-refractivity contribution < 1.29 is 0 Å². The van der Waals surface area contributed by atoms with E-state index in [-0.39, 0.29) is 0 Å². The zero-order chi connectivity index (χ0) is 12.4. The third-order valence-corrected chi connectivity index (χ3v) is 4.83. The highest BCUT2D eigenvalue weighted by Crippen LogP contribution is 2.31. The van der Waals surface area contributed by atoms with Gasteiger partial charge in [0, 0.05) is 40.2 Å². The van der Waals surface area contributed by atoms with E-state index in [0.29, 0.717) is 16.4 Å². The molecule has 1 nitrogen and oxygen atoms in total. The van der Waals surface area contributed by atoms with Crippen LogP contribution in [0.15, 0.2) is 18.2 Å². The first-order valence-electron chi connectivity index (χ1n) is 5.85. The van der Waals surface area contributed by atoms with Crippen molar-refractivity contribution in [1.82, 2.24) is 0 Å². The van der Waals surface area contributed by atoms with Crippen molar-refractivity contribution in [2.45, 2.75) is 30.2 Å². The monoisotopic (exact) mass is 289 g/mol. The molecule has 1 aromatic carbocycles. The minimum atomic E-state index is 0.474. The third-order valence-electron chi connectivity index (χ3n) is 2.97. The molecule has 1 saturated heterocycles. The summed E-state index contributed by atoms with van der Waals surface area (Å²) in [7, 11) is 0. The number of thioether (sulfide) groups is 1. The standard InChI is InChI=1S/C13H17Cl2NS/c1-9-7-16(8-10(2)17-9)12-4-3-11(6-14)13(15)5-12/h3-5,9-10H,6-8H2,1-2H3. The largest absolute Gasteiger partial charge is 0.369 e. The zero-order valence-electron chi connectivity index (χ0n) is 10.1. The number of halogens is 2. The Labute approximate surface area is 117 Å². The zero-order valence-corrected chi connectivity index (χ0v) is 12.4. The smallest absolute Gasteiger partial charge is 0.0488 e. The highest BCUT2D eigenvalue weighted by atomic mass is 35.5. The molecular weight excluding hydrogens is 273 g/mol. The van der Waals surface area contributed by atoms with Gasteiger partial charge in [0.2, 0.25) is 0 Å². The Bertz CT molecular complexity index is 387. The number of hydrogen-bond acceptors (Lipinski definition) is 2. The Kier molecular flexibility index (Phi) is 4.51. The van der Waals surface area contributed by atoms with E-state index in [1.165, 1.54) is 5.69 Å². The molecule has 2 rings (SSSR count). The summed E-state index contributed by atoms with van der Waals surface area (Å²) in [6, 6.07) is 6.19. The second kappa shape index (κ2) is 5.73. The lowest BCUT2D eigenvalue weighted by atomic mass is 10.2. The van der Waals surface area contributed by atoms with Crippen LogP contribution in [0.2, 0.25) is 5.02 Å². The van der Waals surface area contributed by atoms with Crippen molar-refractivity contribution in [2.24, 2.45) is 0 Å². The Morgan fingerprint density at radius 2 is 1.94 bits per heavy atom. The highest BCUT2D eigenvalue weighted by Gasteiger charge is 2.22. The molecule has 1 fully saturated rings. The van der Waals surface area contributed by atoms with Gasteiger partial charge < -0.3 is 4.90 Å². The van der Waals surface area contributed by atoms with Crippen molar-refractivity contribution in [3.63, 3.8) is 0 Å². The van der Waals surface area contributed by atoms with Gasteiger partial charge in [-0.3, -0.25) is 0 Å². The first-order chi connectivity index (χ1) is 8.10. The molecule has 0 N–H and O–H groups in total. The predicted molar refractivity (Wildman–Crippen MR) is 79.7 cm³/mol. The molecule has 94 valence electrons. The maximum Gasteiger partial charge on any atom is 0.0488 e. The molecule has 0 amide bonds. The number of alkyl halides is 1. The summed E-state index contributed by atoms with van der Waals surface area (Å²) in [5.74, 6) is 0.474. The van der Waals surface area contributed by atoms with Crippen LogP contribution >= 0.6 is 35.0 Å². The van der Waals surface area contributed by atoms with Crippen LogP contribution in [0.1, 0.15) is 19.4 Å². The summed E-state index contributed by atoms with van der Waals surface area (Å²) >= 11 is 14.1. The second-order valence-electron chi connectivity index (χ2n) is 4.57. The summed E-state index contributed by atoms with van der Waals surface area (Å²) in [4.78, 5) is 2.41. The van der Waals surface area contributed by atoms with E-state index in [0.717, 1.165) is 23.7 Å². The topological polar surface area (TPSA) is 3.24 Å². The molecule has 0 spiro atoms. The fourth-order valence-electron chi connectivity index (χ4n) is 2.23. The minimum Gasteiger partial charge on any atom is -0.369 e. The van der Waals surface area contributed by atoms with E-state index in [1.807, 2.05) is 12.1 Å². The fourth-order valence-corrected chi connectivity index (χ4v) is 4.10. The number of anilines is 1. The molecule has 4 heteroatoms. The summed E-state index contributed by atoms with van der Waals surface area (Å²) < 4.78 is 0. The molecule has 2 unspecified atom stereocenters. The van der Waals surface area contributed by atoms with Crippen molar-refractivity contribution in [2.75, 3.05) is 18.0 Å². The van der Waals surface area contributed by atoms with Crippen molar-refractivity contribution >= 4 is 40.7 Å². The lowest BCUT2D eigenvalue weighted by Crippen LogP contribution is -2.40. The van der Waals surface area contributed by atoms with E-state index in [4.69, 9.17) is 23.2 Å². The predicted octanol–water partition coefficient (Wildman–Crippen LogP) is 4.41. The Balaban J connectivity index is 2.19. The molecule has 1 aliphatic rings. The van der Waals surface area contributed by atoms with Gasteiger partial charge in [-0.25, -0.2) is 0 Å². The third kappa shape index (κ3) is 3.24. The fraction of sp³-hybridized carbons (Fsp3) is 0.538. The lowest BCUT2D eigenvalue weighted by molar-refractivity contribution is 0.728. The van der Waals surface area contributed by atoms with Crippen LogP contribution < -0.4 is 4.90 Å². The Morgan fingerprint density at radius 3 is 2.47 bits per heavy atom.